The van der Waals surface area contributed by atoms with Crippen LogP contribution in [0.1, 0.15) is 39.7 Å². The summed E-state index contributed by atoms with van der Waals surface area (Å²) < 4.78 is 45.3. The fourth-order valence-electron chi connectivity index (χ4n) is 4.58. The summed E-state index contributed by atoms with van der Waals surface area (Å²) in [5, 5.41) is 3.35. The van der Waals surface area contributed by atoms with Gasteiger partial charge >= 0.3 is 0 Å². The Labute approximate surface area is 264 Å². The summed E-state index contributed by atoms with van der Waals surface area (Å²) >= 11 is 6.11. The van der Waals surface area contributed by atoms with Gasteiger partial charge in [0.2, 0.25) is 11.8 Å². The molecule has 0 spiro atoms. The second-order valence-corrected chi connectivity index (χ2v) is 13.3. The number of methoxy groups -OCH3 is 3. The van der Waals surface area contributed by atoms with Crippen molar-refractivity contribution in [3.8, 4) is 17.2 Å². The molecule has 0 unspecified atom stereocenters. The smallest absolute Gasteiger partial charge is 0.264 e. The maximum atomic E-state index is 14.3. The summed E-state index contributed by atoms with van der Waals surface area (Å²) in [5.41, 5.74) is 0.368. The van der Waals surface area contributed by atoms with Crippen LogP contribution in [0.4, 0.5) is 5.69 Å². The van der Waals surface area contributed by atoms with Gasteiger partial charge in [0.05, 0.1) is 31.9 Å². The van der Waals surface area contributed by atoms with Crippen molar-refractivity contribution in [2.75, 3.05) is 32.2 Å². The molecule has 0 aliphatic carbocycles. The van der Waals surface area contributed by atoms with Crippen molar-refractivity contribution in [2.45, 2.75) is 57.1 Å². The summed E-state index contributed by atoms with van der Waals surface area (Å²) in [7, 11) is 0.0544. The second kappa shape index (κ2) is 14.7. The highest BCUT2D eigenvalue weighted by molar-refractivity contribution is 7.92. The lowest BCUT2D eigenvalue weighted by atomic mass is 10.1. The second-order valence-electron chi connectivity index (χ2n) is 11.0. The van der Waals surface area contributed by atoms with Crippen molar-refractivity contribution in [1.82, 2.24) is 10.2 Å². The van der Waals surface area contributed by atoms with Crippen LogP contribution in [0.15, 0.2) is 71.6 Å². The SMILES string of the molecule is CC[C@@H](C(=O)NC(C)(C)C)N(Cc1cccc(OC)c1)C(=O)CN(c1ccc(Cl)cc1)S(=O)(=O)c1ccc(OC)c(OC)c1. The molecule has 44 heavy (non-hydrogen) atoms. The number of halogens is 1. The molecule has 3 aromatic carbocycles. The minimum absolute atomic E-state index is 0.0387. The van der Waals surface area contributed by atoms with Gasteiger partial charge in [-0.25, -0.2) is 8.42 Å². The predicted octanol–water partition coefficient (Wildman–Crippen LogP) is 5.28. The molecule has 0 aliphatic rings. The zero-order valence-corrected chi connectivity index (χ0v) is 27.7. The van der Waals surface area contributed by atoms with Crippen LogP contribution in [-0.4, -0.2) is 64.6 Å². The Kier molecular flexibility index (Phi) is 11.5. The van der Waals surface area contributed by atoms with Crippen molar-refractivity contribution in [2.24, 2.45) is 0 Å². The molecule has 1 atom stereocenters. The molecular weight excluding hydrogens is 606 g/mol. The highest BCUT2D eigenvalue weighted by atomic mass is 35.5. The molecule has 3 aromatic rings. The van der Waals surface area contributed by atoms with Gasteiger partial charge in [-0.15, -0.1) is 0 Å². The molecule has 10 nitrogen and oxygen atoms in total. The number of hydrogen-bond donors (Lipinski definition) is 1. The predicted molar refractivity (Wildman–Crippen MR) is 171 cm³/mol. The Morgan fingerprint density at radius 2 is 1.57 bits per heavy atom. The van der Waals surface area contributed by atoms with E-state index < -0.39 is 34.1 Å². The van der Waals surface area contributed by atoms with Gasteiger partial charge in [0.1, 0.15) is 18.3 Å². The standard InChI is InChI=1S/C32H40ClN3O7S/c1-8-27(31(38)34-32(2,3)4)35(20-22-10-9-11-25(18-22)41-5)30(37)21-36(24-14-12-23(33)13-15-24)44(39,40)26-16-17-28(42-6)29(19-26)43-7/h9-19,27H,8,20-21H2,1-7H3,(H,34,38)/t27-/m0/s1. The first kappa shape index (κ1) is 34.5. The maximum Gasteiger partial charge on any atom is 0.264 e. The third-order valence-electron chi connectivity index (χ3n) is 6.71. The Hall–Kier alpha value is -3.96. The molecule has 3 rings (SSSR count). The number of sulfonamides is 1. The molecule has 0 radical (unpaired) electrons. The van der Waals surface area contributed by atoms with Crippen LogP contribution < -0.4 is 23.8 Å². The third kappa shape index (κ3) is 8.57. The molecule has 0 saturated heterocycles. The molecule has 2 amide bonds. The summed E-state index contributed by atoms with van der Waals surface area (Å²) in [5.74, 6) is 0.210. The van der Waals surface area contributed by atoms with E-state index >= 15 is 0 Å². The normalized spacial score (nSPS) is 12.2. The van der Waals surface area contributed by atoms with Crippen LogP contribution in [0.3, 0.4) is 0 Å². The number of amides is 2. The summed E-state index contributed by atoms with van der Waals surface area (Å²) in [4.78, 5) is 29.0. The van der Waals surface area contributed by atoms with Crippen LogP contribution in [0.2, 0.25) is 5.02 Å². The first-order valence-corrected chi connectivity index (χ1v) is 15.8. The molecule has 0 aromatic heterocycles. The van der Waals surface area contributed by atoms with Crippen molar-refractivity contribution in [1.29, 1.82) is 0 Å². The minimum atomic E-state index is -4.33. The maximum absolute atomic E-state index is 14.3. The zero-order chi connectivity index (χ0) is 32.7. The van der Waals surface area contributed by atoms with E-state index in [2.05, 4.69) is 5.32 Å². The number of ether oxygens (including phenoxy) is 3. The van der Waals surface area contributed by atoms with Gasteiger partial charge in [-0.2, -0.15) is 0 Å². The van der Waals surface area contributed by atoms with E-state index in [1.807, 2.05) is 26.8 Å². The topological polar surface area (TPSA) is 114 Å². The molecule has 0 fully saturated rings. The number of anilines is 1. The molecule has 12 heteroatoms. The largest absolute Gasteiger partial charge is 0.497 e. The average molecular weight is 646 g/mol. The number of nitrogens with one attached hydrogen (secondary N) is 1. The van der Waals surface area contributed by atoms with E-state index in [-0.39, 0.29) is 28.8 Å². The van der Waals surface area contributed by atoms with Crippen molar-refractivity contribution >= 4 is 39.1 Å². The van der Waals surface area contributed by atoms with Gasteiger partial charge in [-0.1, -0.05) is 30.7 Å². The lowest BCUT2D eigenvalue weighted by Gasteiger charge is -2.34. The van der Waals surface area contributed by atoms with Gasteiger partial charge in [-0.05, 0) is 81.3 Å². The number of nitrogens with zero attached hydrogens (tertiary/aromatic N) is 2. The molecule has 1 N–H and O–H groups in total. The first-order chi connectivity index (χ1) is 20.7. The summed E-state index contributed by atoms with van der Waals surface area (Å²) in [6.45, 7) is 6.80. The summed E-state index contributed by atoms with van der Waals surface area (Å²) in [6.07, 6.45) is 0.293. The number of rotatable bonds is 13. The first-order valence-electron chi connectivity index (χ1n) is 14.0. The third-order valence-corrected chi connectivity index (χ3v) is 8.73. The van der Waals surface area contributed by atoms with Crippen LogP contribution in [0, 0.1) is 0 Å². The summed E-state index contributed by atoms with van der Waals surface area (Å²) in [6, 6.07) is 16.6. The van der Waals surface area contributed by atoms with E-state index in [4.69, 9.17) is 25.8 Å². The van der Waals surface area contributed by atoms with Crippen LogP contribution in [-0.2, 0) is 26.2 Å². The highest BCUT2D eigenvalue weighted by Crippen LogP contribution is 2.33. The van der Waals surface area contributed by atoms with Crippen molar-refractivity contribution in [3.05, 3.63) is 77.3 Å². The van der Waals surface area contributed by atoms with E-state index in [1.54, 1.807) is 25.1 Å². The number of benzene rings is 3. The number of hydrogen-bond acceptors (Lipinski definition) is 7. The molecule has 238 valence electrons. The fourth-order valence-corrected chi connectivity index (χ4v) is 6.14. The van der Waals surface area contributed by atoms with E-state index in [0.29, 0.717) is 28.5 Å². The monoisotopic (exact) mass is 645 g/mol. The molecular formula is C32H40ClN3O7S. The quantitative estimate of drug-likeness (QED) is 0.269. The van der Waals surface area contributed by atoms with E-state index in [9.17, 15) is 18.0 Å². The molecule has 0 bridgehead atoms. The fraction of sp³-hybridized carbons (Fsp3) is 0.375. The van der Waals surface area contributed by atoms with Crippen LogP contribution in [0.5, 0.6) is 17.2 Å². The van der Waals surface area contributed by atoms with Crippen molar-refractivity contribution in [3.63, 3.8) is 0 Å². The van der Waals surface area contributed by atoms with Gasteiger partial charge < -0.3 is 24.4 Å². The average Bonchev–Trinajstić information content (AvgIpc) is 2.98. The Bertz CT molecular complexity index is 1560. The van der Waals surface area contributed by atoms with Gasteiger partial charge in [-0.3, -0.25) is 13.9 Å². The molecule has 0 heterocycles. The van der Waals surface area contributed by atoms with E-state index in [0.717, 1.165) is 4.31 Å². The van der Waals surface area contributed by atoms with Gasteiger partial charge in [0, 0.05) is 23.2 Å². The lowest BCUT2D eigenvalue weighted by molar-refractivity contribution is -0.141. The highest BCUT2D eigenvalue weighted by Gasteiger charge is 2.35. The van der Waals surface area contributed by atoms with E-state index in [1.165, 1.54) is 68.7 Å². The van der Waals surface area contributed by atoms with Crippen LogP contribution >= 0.6 is 11.6 Å². The Morgan fingerprint density at radius 1 is 0.909 bits per heavy atom. The lowest BCUT2D eigenvalue weighted by Crippen LogP contribution is -2.55. The van der Waals surface area contributed by atoms with Gasteiger partial charge in [0.15, 0.2) is 11.5 Å². The Morgan fingerprint density at radius 3 is 2.14 bits per heavy atom. The molecule has 0 saturated carbocycles. The minimum Gasteiger partial charge on any atom is -0.497 e. The number of carbonyl (C=O) groups excluding carboxylic acids is 2. The number of carbonyl (C=O) groups is 2. The Balaban J connectivity index is 2.12. The van der Waals surface area contributed by atoms with Gasteiger partial charge in [0.25, 0.3) is 10.0 Å². The molecule has 0 aliphatic heterocycles. The zero-order valence-electron chi connectivity index (χ0n) is 26.1. The van der Waals surface area contributed by atoms with Crippen molar-refractivity contribution < 1.29 is 32.2 Å². The van der Waals surface area contributed by atoms with Crippen LogP contribution in [0.25, 0.3) is 0 Å².